The minimum absolute atomic E-state index is 0.0777. The first-order valence-electron chi connectivity index (χ1n) is 6.86. The van der Waals surface area contributed by atoms with E-state index < -0.39 is 11.7 Å². The van der Waals surface area contributed by atoms with Crippen LogP contribution in [0.3, 0.4) is 0 Å². The van der Waals surface area contributed by atoms with E-state index in [1.54, 1.807) is 0 Å². The van der Waals surface area contributed by atoms with Crippen LogP contribution in [0, 0.1) is 0 Å². The van der Waals surface area contributed by atoms with Gasteiger partial charge in [-0.2, -0.15) is 18.3 Å². The molecule has 0 radical (unpaired) electrons. The molecule has 120 valence electrons. The van der Waals surface area contributed by atoms with E-state index in [0.717, 1.165) is 23.7 Å². The molecular weight excluding hydrogens is 315 g/mol. The number of halogens is 4. The summed E-state index contributed by atoms with van der Waals surface area (Å²) in [7, 11) is 0. The van der Waals surface area contributed by atoms with Crippen molar-refractivity contribution in [2.24, 2.45) is 0 Å². The van der Waals surface area contributed by atoms with E-state index in [4.69, 9.17) is 11.6 Å². The summed E-state index contributed by atoms with van der Waals surface area (Å²) in [5.74, 6) is 0.208. The molecule has 2 heterocycles. The topological polar surface area (TPSA) is 30.7 Å². The SMILES string of the molecule is CCc1cc(C(C)(C)C)n(-c2ncc(C(F)(F)F)cc2Cl)n1. The molecule has 3 nitrogen and oxygen atoms in total. The molecule has 0 spiro atoms. The van der Waals surface area contributed by atoms with Crippen LogP contribution in [0.25, 0.3) is 5.82 Å². The second-order valence-electron chi connectivity index (χ2n) is 6.06. The van der Waals surface area contributed by atoms with Crippen LogP contribution < -0.4 is 0 Å². The maximum Gasteiger partial charge on any atom is 0.417 e. The first-order chi connectivity index (χ1) is 10.0. The van der Waals surface area contributed by atoms with Gasteiger partial charge >= 0.3 is 6.18 Å². The van der Waals surface area contributed by atoms with Crippen LogP contribution in [0.15, 0.2) is 18.3 Å². The van der Waals surface area contributed by atoms with Gasteiger partial charge in [-0.05, 0) is 18.6 Å². The Morgan fingerprint density at radius 3 is 2.27 bits per heavy atom. The molecule has 2 aromatic heterocycles. The van der Waals surface area contributed by atoms with E-state index in [-0.39, 0.29) is 16.3 Å². The van der Waals surface area contributed by atoms with Gasteiger partial charge in [-0.3, -0.25) is 0 Å². The molecule has 0 saturated heterocycles. The Hall–Kier alpha value is -1.56. The molecule has 2 aromatic rings. The number of hydrogen-bond acceptors (Lipinski definition) is 2. The number of pyridine rings is 1. The van der Waals surface area contributed by atoms with Crippen molar-refractivity contribution in [3.8, 4) is 5.82 Å². The fourth-order valence-electron chi connectivity index (χ4n) is 2.04. The molecule has 7 heteroatoms. The summed E-state index contributed by atoms with van der Waals surface area (Å²) in [6.07, 6.45) is -2.98. The Morgan fingerprint density at radius 2 is 1.82 bits per heavy atom. The standard InChI is InChI=1S/C15H17ClF3N3/c1-5-10-7-12(14(2,3)4)22(21-10)13-11(16)6-9(8-20-13)15(17,18)19/h6-8H,5H2,1-4H3. The molecule has 0 unspecified atom stereocenters. The van der Waals surface area contributed by atoms with Crippen LogP contribution >= 0.6 is 11.6 Å². The Kier molecular flexibility index (Phi) is 4.26. The lowest BCUT2D eigenvalue weighted by Gasteiger charge is -2.20. The smallest absolute Gasteiger partial charge is 0.235 e. The largest absolute Gasteiger partial charge is 0.417 e. The predicted molar refractivity (Wildman–Crippen MR) is 79.4 cm³/mol. The average molecular weight is 332 g/mol. The van der Waals surface area contributed by atoms with Gasteiger partial charge in [0.25, 0.3) is 0 Å². The van der Waals surface area contributed by atoms with Crippen LogP contribution in [-0.2, 0) is 18.0 Å². The average Bonchev–Trinajstić information content (AvgIpc) is 2.81. The van der Waals surface area contributed by atoms with Gasteiger partial charge in [-0.15, -0.1) is 0 Å². The quantitative estimate of drug-likeness (QED) is 0.791. The van der Waals surface area contributed by atoms with Gasteiger partial charge in [0.15, 0.2) is 5.82 Å². The molecule has 0 saturated carbocycles. The number of alkyl halides is 3. The molecule has 0 aliphatic heterocycles. The second-order valence-corrected chi connectivity index (χ2v) is 6.47. The highest BCUT2D eigenvalue weighted by molar-refractivity contribution is 6.32. The Bertz CT molecular complexity index is 684. The van der Waals surface area contributed by atoms with Crippen LogP contribution in [0.4, 0.5) is 13.2 Å². The van der Waals surface area contributed by atoms with Crippen LogP contribution in [0.2, 0.25) is 5.02 Å². The van der Waals surface area contributed by atoms with Crippen molar-refractivity contribution >= 4 is 11.6 Å². The second kappa shape index (κ2) is 5.57. The molecule has 0 amide bonds. The van der Waals surface area contributed by atoms with E-state index in [9.17, 15) is 13.2 Å². The molecule has 0 aromatic carbocycles. The summed E-state index contributed by atoms with van der Waals surface area (Å²) in [6.45, 7) is 7.95. The minimum atomic E-state index is -4.47. The van der Waals surface area contributed by atoms with Crippen molar-refractivity contribution in [1.29, 1.82) is 0 Å². The van der Waals surface area contributed by atoms with Crippen molar-refractivity contribution in [3.63, 3.8) is 0 Å². The summed E-state index contributed by atoms with van der Waals surface area (Å²) < 4.78 is 39.7. The summed E-state index contributed by atoms with van der Waals surface area (Å²) >= 11 is 6.02. The van der Waals surface area contributed by atoms with E-state index >= 15 is 0 Å². The molecule has 0 fully saturated rings. The summed E-state index contributed by atoms with van der Waals surface area (Å²) in [5.41, 5.74) is 0.566. The van der Waals surface area contributed by atoms with Gasteiger partial charge in [0.2, 0.25) is 0 Å². The third-order valence-corrected chi connectivity index (χ3v) is 3.52. The van der Waals surface area contributed by atoms with E-state index in [1.165, 1.54) is 4.68 Å². The number of rotatable bonds is 2. The monoisotopic (exact) mass is 331 g/mol. The maximum atomic E-state index is 12.7. The first-order valence-corrected chi connectivity index (χ1v) is 7.24. The summed E-state index contributed by atoms with van der Waals surface area (Å²) in [6, 6.07) is 2.80. The van der Waals surface area contributed by atoms with Crippen molar-refractivity contribution in [3.05, 3.63) is 40.3 Å². The molecule has 0 aliphatic carbocycles. The summed E-state index contributed by atoms with van der Waals surface area (Å²) in [4.78, 5) is 3.89. The van der Waals surface area contributed by atoms with Crippen molar-refractivity contribution in [1.82, 2.24) is 14.8 Å². The van der Waals surface area contributed by atoms with Gasteiger partial charge in [0, 0.05) is 11.6 Å². The normalized spacial score (nSPS) is 12.7. The van der Waals surface area contributed by atoms with Gasteiger partial charge in [-0.1, -0.05) is 39.3 Å². The lowest BCUT2D eigenvalue weighted by Crippen LogP contribution is -2.18. The Labute approximate surface area is 132 Å². The number of aryl methyl sites for hydroxylation is 1. The van der Waals surface area contributed by atoms with Crippen LogP contribution in [0.5, 0.6) is 0 Å². The highest BCUT2D eigenvalue weighted by atomic mass is 35.5. The van der Waals surface area contributed by atoms with Crippen molar-refractivity contribution in [2.45, 2.75) is 45.7 Å². The van der Waals surface area contributed by atoms with E-state index in [2.05, 4.69) is 10.1 Å². The number of nitrogens with zero attached hydrogens (tertiary/aromatic N) is 3. The van der Waals surface area contributed by atoms with Crippen molar-refractivity contribution < 1.29 is 13.2 Å². The zero-order chi connectivity index (χ0) is 16.7. The third-order valence-electron chi connectivity index (χ3n) is 3.24. The van der Waals surface area contributed by atoms with Gasteiger partial charge < -0.3 is 0 Å². The van der Waals surface area contributed by atoms with Gasteiger partial charge in [0.05, 0.1) is 22.0 Å². The number of hydrogen-bond donors (Lipinski definition) is 0. The molecular formula is C15H17ClF3N3. The fraction of sp³-hybridized carbons (Fsp3) is 0.467. The molecule has 2 rings (SSSR count). The first kappa shape index (κ1) is 16.8. The molecule has 0 N–H and O–H groups in total. The third kappa shape index (κ3) is 3.27. The van der Waals surface area contributed by atoms with Crippen molar-refractivity contribution in [2.75, 3.05) is 0 Å². The molecule has 0 atom stereocenters. The van der Waals surface area contributed by atoms with Gasteiger partial charge in [-0.25, -0.2) is 9.67 Å². The van der Waals surface area contributed by atoms with E-state index in [0.29, 0.717) is 6.42 Å². The molecule has 22 heavy (non-hydrogen) atoms. The Balaban J connectivity index is 2.60. The lowest BCUT2D eigenvalue weighted by molar-refractivity contribution is -0.137. The highest BCUT2D eigenvalue weighted by Gasteiger charge is 2.32. The van der Waals surface area contributed by atoms with Crippen LogP contribution in [-0.4, -0.2) is 14.8 Å². The Morgan fingerprint density at radius 1 is 1.18 bits per heavy atom. The molecule has 0 bridgehead atoms. The zero-order valence-electron chi connectivity index (χ0n) is 12.8. The molecule has 0 aliphatic rings. The minimum Gasteiger partial charge on any atom is -0.235 e. The predicted octanol–water partition coefficient (Wildman–Crippen LogP) is 4.80. The lowest BCUT2D eigenvalue weighted by atomic mass is 9.91. The fourth-order valence-corrected chi connectivity index (χ4v) is 2.29. The zero-order valence-corrected chi connectivity index (χ0v) is 13.5. The maximum absolute atomic E-state index is 12.7. The number of aromatic nitrogens is 3. The van der Waals surface area contributed by atoms with Gasteiger partial charge in [0.1, 0.15) is 0 Å². The van der Waals surface area contributed by atoms with E-state index in [1.807, 2.05) is 33.8 Å². The highest BCUT2D eigenvalue weighted by Crippen LogP contribution is 2.33. The van der Waals surface area contributed by atoms with Crippen LogP contribution in [0.1, 0.15) is 44.6 Å². The summed E-state index contributed by atoms with van der Waals surface area (Å²) in [5, 5.41) is 4.33.